The smallest absolute Gasteiger partial charge is 0.250 e. The number of nitrogens with one attached hydrogen (secondary N) is 1. The first-order valence-corrected chi connectivity index (χ1v) is 7.46. The molecule has 0 bridgehead atoms. The van der Waals surface area contributed by atoms with Gasteiger partial charge in [0.25, 0.3) is 5.91 Å². The summed E-state index contributed by atoms with van der Waals surface area (Å²) in [5, 5.41) is 3.42. The van der Waals surface area contributed by atoms with Crippen molar-refractivity contribution < 1.29 is 4.79 Å². The van der Waals surface area contributed by atoms with Crippen LogP contribution in [0.4, 0.5) is 17.1 Å². The van der Waals surface area contributed by atoms with Gasteiger partial charge in [-0.1, -0.05) is 27.5 Å². The standard InChI is InChI=1S/C13H10Br2ClN3O/c14-6-1-2-11(9(15)3-6)19-12-8(13(18)20)4-7(17)5-10(12)16/h1-5,19H,17H2,(H2,18,20). The Morgan fingerprint density at radius 1 is 1.20 bits per heavy atom. The summed E-state index contributed by atoms with van der Waals surface area (Å²) in [6, 6.07) is 8.62. The summed E-state index contributed by atoms with van der Waals surface area (Å²) >= 11 is 12.9. The lowest BCUT2D eigenvalue weighted by molar-refractivity contribution is 0.100. The Balaban J connectivity index is 2.50. The summed E-state index contributed by atoms with van der Waals surface area (Å²) in [6.07, 6.45) is 0. The molecule has 0 saturated carbocycles. The lowest BCUT2D eigenvalue weighted by Crippen LogP contribution is -2.14. The van der Waals surface area contributed by atoms with Crippen LogP contribution in [0.2, 0.25) is 5.02 Å². The zero-order valence-electron chi connectivity index (χ0n) is 10.1. The van der Waals surface area contributed by atoms with E-state index in [1.54, 1.807) is 6.07 Å². The van der Waals surface area contributed by atoms with E-state index < -0.39 is 5.91 Å². The van der Waals surface area contributed by atoms with Gasteiger partial charge in [0.1, 0.15) is 0 Å². The molecule has 0 aliphatic heterocycles. The molecule has 2 aromatic rings. The molecule has 0 aliphatic carbocycles. The number of benzene rings is 2. The van der Waals surface area contributed by atoms with Gasteiger partial charge < -0.3 is 16.8 Å². The maximum Gasteiger partial charge on any atom is 0.250 e. The van der Waals surface area contributed by atoms with Crippen LogP contribution in [0, 0.1) is 0 Å². The monoisotopic (exact) mass is 417 g/mol. The Hall–Kier alpha value is -1.24. The molecule has 2 rings (SSSR count). The number of nitrogen functional groups attached to an aromatic ring is 1. The van der Waals surface area contributed by atoms with E-state index in [0.29, 0.717) is 16.4 Å². The second-order valence-electron chi connectivity index (χ2n) is 4.04. The average molecular weight is 420 g/mol. The summed E-state index contributed by atoms with van der Waals surface area (Å²) < 4.78 is 1.74. The summed E-state index contributed by atoms with van der Waals surface area (Å²) in [7, 11) is 0. The fraction of sp³-hybridized carbons (Fsp3) is 0. The molecular weight excluding hydrogens is 409 g/mol. The zero-order chi connectivity index (χ0) is 14.9. The fourth-order valence-electron chi connectivity index (χ4n) is 1.67. The second kappa shape index (κ2) is 6.03. The Morgan fingerprint density at radius 3 is 2.50 bits per heavy atom. The van der Waals surface area contributed by atoms with Gasteiger partial charge in [0.05, 0.1) is 22.0 Å². The summed E-state index contributed by atoms with van der Waals surface area (Å²) in [6.45, 7) is 0. The normalized spacial score (nSPS) is 10.3. The number of primary amides is 1. The summed E-state index contributed by atoms with van der Waals surface area (Å²) in [5.74, 6) is -0.602. The van der Waals surface area contributed by atoms with Crippen LogP contribution in [0.25, 0.3) is 0 Å². The Kier molecular flexibility index (Phi) is 4.57. The Labute approximate surface area is 137 Å². The van der Waals surface area contributed by atoms with Gasteiger partial charge in [-0.05, 0) is 46.3 Å². The number of hydrogen-bond acceptors (Lipinski definition) is 3. The summed E-state index contributed by atoms with van der Waals surface area (Å²) in [4.78, 5) is 11.5. The van der Waals surface area contributed by atoms with E-state index in [9.17, 15) is 4.79 Å². The molecule has 1 amide bonds. The molecule has 0 aromatic heterocycles. The number of halogens is 3. The van der Waals surface area contributed by atoms with Crippen molar-refractivity contribution in [2.24, 2.45) is 5.73 Å². The van der Waals surface area contributed by atoms with Gasteiger partial charge in [0.15, 0.2) is 0 Å². The van der Waals surface area contributed by atoms with Crippen LogP contribution in [-0.2, 0) is 0 Å². The highest BCUT2D eigenvalue weighted by Gasteiger charge is 2.14. The van der Waals surface area contributed by atoms with Crippen molar-refractivity contribution in [3.8, 4) is 0 Å². The van der Waals surface area contributed by atoms with Gasteiger partial charge in [0.2, 0.25) is 0 Å². The van der Waals surface area contributed by atoms with Crippen molar-refractivity contribution in [1.29, 1.82) is 0 Å². The van der Waals surface area contributed by atoms with E-state index in [-0.39, 0.29) is 5.56 Å². The van der Waals surface area contributed by atoms with Gasteiger partial charge in [-0.3, -0.25) is 4.79 Å². The molecule has 5 N–H and O–H groups in total. The van der Waals surface area contributed by atoms with Crippen molar-refractivity contribution in [2.45, 2.75) is 0 Å². The molecule has 0 atom stereocenters. The Morgan fingerprint density at radius 2 is 1.90 bits per heavy atom. The molecular formula is C13H10Br2ClN3O. The third kappa shape index (κ3) is 3.26. The minimum absolute atomic E-state index is 0.241. The van der Waals surface area contributed by atoms with Gasteiger partial charge in [0, 0.05) is 14.6 Å². The van der Waals surface area contributed by atoms with Gasteiger partial charge in [-0.25, -0.2) is 0 Å². The molecule has 2 aromatic carbocycles. The van der Waals surface area contributed by atoms with E-state index in [1.165, 1.54) is 6.07 Å². The number of nitrogens with two attached hydrogens (primary N) is 2. The lowest BCUT2D eigenvalue weighted by Gasteiger charge is -2.14. The molecule has 0 fully saturated rings. The predicted molar refractivity (Wildman–Crippen MR) is 89.5 cm³/mol. The number of carbonyl (C=O) groups is 1. The van der Waals surface area contributed by atoms with Crippen molar-refractivity contribution in [1.82, 2.24) is 0 Å². The number of amides is 1. The van der Waals surface area contributed by atoms with Crippen LogP contribution in [0.5, 0.6) is 0 Å². The molecule has 104 valence electrons. The van der Waals surface area contributed by atoms with E-state index in [4.69, 9.17) is 23.1 Å². The molecule has 4 nitrogen and oxygen atoms in total. The maximum atomic E-state index is 11.5. The van der Waals surface area contributed by atoms with Crippen LogP contribution in [-0.4, -0.2) is 5.91 Å². The van der Waals surface area contributed by atoms with E-state index in [1.807, 2.05) is 18.2 Å². The van der Waals surface area contributed by atoms with E-state index >= 15 is 0 Å². The van der Waals surface area contributed by atoms with Crippen LogP contribution < -0.4 is 16.8 Å². The molecule has 0 heterocycles. The highest BCUT2D eigenvalue weighted by atomic mass is 79.9. The van der Waals surface area contributed by atoms with Crippen molar-refractivity contribution in [3.05, 3.63) is 49.9 Å². The van der Waals surface area contributed by atoms with Gasteiger partial charge in [-0.2, -0.15) is 0 Å². The molecule has 0 radical (unpaired) electrons. The highest BCUT2D eigenvalue weighted by molar-refractivity contribution is 9.11. The first-order chi connectivity index (χ1) is 9.38. The van der Waals surface area contributed by atoms with E-state index in [0.717, 1.165) is 14.6 Å². The SMILES string of the molecule is NC(=O)c1cc(N)cc(Cl)c1Nc1ccc(Br)cc1Br. The second-order valence-corrected chi connectivity index (χ2v) is 6.22. The molecule has 20 heavy (non-hydrogen) atoms. The predicted octanol–water partition coefficient (Wildman–Crippen LogP) is 4.29. The minimum atomic E-state index is -0.602. The third-order valence-electron chi connectivity index (χ3n) is 2.57. The molecule has 0 spiro atoms. The molecule has 0 aliphatic rings. The Bertz CT molecular complexity index is 692. The van der Waals surface area contributed by atoms with Crippen LogP contribution in [0.1, 0.15) is 10.4 Å². The lowest BCUT2D eigenvalue weighted by atomic mass is 10.1. The van der Waals surface area contributed by atoms with Gasteiger partial charge >= 0.3 is 0 Å². The van der Waals surface area contributed by atoms with Crippen LogP contribution in [0.3, 0.4) is 0 Å². The quantitative estimate of drug-likeness (QED) is 0.649. The van der Waals surface area contributed by atoms with Crippen LogP contribution in [0.15, 0.2) is 39.3 Å². The van der Waals surface area contributed by atoms with Gasteiger partial charge in [-0.15, -0.1) is 0 Å². The topological polar surface area (TPSA) is 81.1 Å². The number of hydrogen-bond donors (Lipinski definition) is 3. The number of carbonyl (C=O) groups excluding carboxylic acids is 1. The third-order valence-corrected chi connectivity index (χ3v) is 4.02. The maximum absolute atomic E-state index is 11.5. The fourth-order valence-corrected chi connectivity index (χ4v) is 3.10. The molecule has 0 saturated heterocycles. The first-order valence-electron chi connectivity index (χ1n) is 5.49. The van der Waals surface area contributed by atoms with Crippen molar-refractivity contribution in [3.63, 3.8) is 0 Å². The minimum Gasteiger partial charge on any atom is -0.399 e. The largest absolute Gasteiger partial charge is 0.399 e. The summed E-state index contributed by atoms with van der Waals surface area (Å²) in [5.41, 5.74) is 12.8. The van der Waals surface area contributed by atoms with Crippen molar-refractivity contribution >= 4 is 66.4 Å². The molecule has 7 heteroatoms. The van der Waals surface area contributed by atoms with E-state index in [2.05, 4.69) is 37.2 Å². The number of rotatable bonds is 3. The zero-order valence-corrected chi connectivity index (χ0v) is 14.0. The number of anilines is 3. The van der Waals surface area contributed by atoms with Crippen LogP contribution >= 0.6 is 43.5 Å². The highest BCUT2D eigenvalue weighted by Crippen LogP contribution is 2.35. The average Bonchev–Trinajstić information content (AvgIpc) is 2.34. The molecule has 0 unspecified atom stereocenters. The first kappa shape index (κ1) is 15.2. The van der Waals surface area contributed by atoms with Crippen molar-refractivity contribution in [2.75, 3.05) is 11.1 Å².